The second-order valence-corrected chi connectivity index (χ2v) is 14.3. The number of sulfonamides is 3. The summed E-state index contributed by atoms with van der Waals surface area (Å²) >= 11 is 0. The van der Waals surface area contributed by atoms with Gasteiger partial charge in [0, 0.05) is 136 Å². The van der Waals surface area contributed by atoms with E-state index in [9.17, 15) is 25.3 Å². The normalized spacial score (nSPS) is 8.59. The van der Waals surface area contributed by atoms with Crippen LogP contribution in [0.15, 0.2) is 134 Å². The third kappa shape index (κ3) is 53.7. The molecule has 12 radical (unpaired) electrons. The van der Waals surface area contributed by atoms with E-state index in [1.807, 2.05) is 60.7 Å². The molecule has 6 aromatic rings. The zero-order valence-corrected chi connectivity index (χ0v) is 42.0. The summed E-state index contributed by atoms with van der Waals surface area (Å²) < 4.78 is 70.4. The van der Waals surface area contributed by atoms with Crippen LogP contribution >= 0.6 is 0 Å². The minimum absolute atomic E-state index is 0. The van der Waals surface area contributed by atoms with E-state index in [1.54, 1.807) is 54.9 Å². The van der Waals surface area contributed by atoms with Crippen molar-refractivity contribution in [2.75, 3.05) is 32.9 Å². The van der Waals surface area contributed by atoms with Crippen LogP contribution in [0.1, 0.15) is 14.9 Å². The molecular formula is C36H42B3N8O6S3Y3-6. The molecule has 0 saturated carbocycles. The molecule has 6 rings (SSSR count). The maximum atomic E-state index is 10.7. The van der Waals surface area contributed by atoms with E-state index in [2.05, 4.69) is 76.0 Å². The van der Waals surface area contributed by atoms with Gasteiger partial charge in [-0.3, -0.25) is 19.5 Å². The van der Waals surface area contributed by atoms with Crippen LogP contribution in [0.25, 0.3) is 0 Å². The first-order chi connectivity index (χ1) is 24.2. The second-order valence-electron chi connectivity index (χ2n) is 9.06. The molecule has 0 spiro atoms. The van der Waals surface area contributed by atoms with Gasteiger partial charge in [0.15, 0.2) is 0 Å². The molecule has 0 fully saturated rings. The largest absolute Gasteiger partial charge is 0.374 e. The van der Waals surface area contributed by atoms with Crippen molar-refractivity contribution in [3.05, 3.63) is 171 Å². The van der Waals surface area contributed by atoms with Crippen LogP contribution in [-0.2, 0) is 128 Å². The van der Waals surface area contributed by atoms with Crippen molar-refractivity contribution in [2.24, 2.45) is 0 Å². The fourth-order valence-corrected chi connectivity index (χ4v) is 4.06. The van der Waals surface area contributed by atoms with Crippen LogP contribution in [0.3, 0.4) is 0 Å². The number of nitrogens with zero attached hydrogens (tertiary/aromatic N) is 5. The summed E-state index contributed by atoms with van der Waals surface area (Å²) in [5.41, 5.74) is 0.468. The molecule has 3 aromatic carbocycles. The van der Waals surface area contributed by atoms with Gasteiger partial charge in [-0.1, -0.05) is 39.1 Å². The van der Waals surface area contributed by atoms with Crippen LogP contribution in [0.4, 0.5) is 17.3 Å². The molecule has 304 valence electrons. The van der Waals surface area contributed by atoms with Gasteiger partial charge in [-0.15, -0.1) is 18.3 Å². The van der Waals surface area contributed by atoms with Gasteiger partial charge >= 0.3 is 0 Å². The van der Waals surface area contributed by atoms with Gasteiger partial charge in [0.25, 0.3) is 0 Å². The summed E-state index contributed by atoms with van der Waals surface area (Å²) in [7, 11) is -9.64. The molecular weight excluding hydrogens is 1040 g/mol. The molecule has 0 saturated heterocycles. The van der Waals surface area contributed by atoms with Crippen LogP contribution in [0.5, 0.6) is 0 Å². The zero-order chi connectivity index (χ0) is 37.7. The Labute approximate surface area is 434 Å². The molecule has 0 aliphatic rings. The van der Waals surface area contributed by atoms with Crippen molar-refractivity contribution < 1.29 is 123 Å². The number of aromatic nitrogens is 5. The quantitative estimate of drug-likeness (QED) is 0.160. The number of nitrogens with one attached hydrogen (secondary N) is 3. The van der Waals surface area contributed by atoms with Gasteiger partial charge in [0.2, 0.25) is 30.1 Å². The number of hydrogen-bond acceptors (Lipinski definition) is 11. The number of benzene rings is 3. The van der Waals surface area contributed by atoms with E-state index in [1.165, 1.54) is 18.5 Å². The topological polar surface area (TPSA) is 203 Å². The molecule has 14 nitrogen and oxygen atoms in total. The van der Waals surface area contributed by atoms with Crippen molar-refractivity contribution in [2.45, 2.75) is 14.9 Å². The van der Waals surface area contributed by atoms with Gasteiger partial charge in [-0.2, -0.15) is 108 Å². The number of rotatable bonds is 6. The molecule has 59 heavy (non-hydrogen) atoms. The minimum Gasteiger partial charge on any atom is -0.374 e. The van der Waals surface area contributed by atoms with Gasteiger partial charge in [-0.25, -0.2) is 49.5 Å². The first-order valence-corrected chi connectivity index (χ1v) is 19.8. The van der Waals surface area contributed by atoms with Gasteiger partial charge in [0.1, 0.15) is 0 Å². The SMILES string of the molecule is C.C.CS(=O)(=O)Nc1[c-]cccc1.CS(=O)(=O)Nc1[c-]cccn1.CS(=O)(=O)Nc1[c-]ccnn1.[B].[B].[B].[Y].[Y].[Y].[c-]1ccccc1.[c-]1ccccc1.[c-]1ncccn1. The smallest absolute Gasteiger partial charge is 0.229 e. The van der Waals surface area contributed by atoms with Crippen molar-refractivity contribution in [1.29, 1.82) is 0 Å². The van der Waals surface area contributed by atoms with E-state index in [0.717, 1.165) is 18.8 Å². The van der Waals surface area contributed by atoms with E-state index < -0.39 is 30.1 Å². The Kier molecular flexibility index (Phi) is 56.9. The van der Waals surface area contributed by atoms with Crippen LogP contribution in [-0.4, -0.2) is 94.4 Å². The minimum atomic E-state index is -3.26. The molecule has 0 aliphatic heterocycles. The maximum Gasteiger partial charge on any atom is 0.229 e. The van der Waals surface area contributed by atoms with E-state index in [0.29, 0.717) is 5.69 Å². The molecule has 0 aliphatic carbocycles. The standard InChI is InChI=1S/C7H8NO2S.C6H7N2O2S.2C6H5.C5H6N3O2S.C4H3N2.2CH4.3B.3Y/c1-11(9,10)8-7-5-3-2-4-6-7;1-11(9,10)8-6-4-2-3-5-7-6;2*1-2-4-6-5-3-1;1-11(9,10)8-5-3-2-4-6-7-5;1-2-5-4-6-3-1;;;;;;;;/h2-5,8H,1H3;2-3,5H,1H3,(H,7,8);2*1-5H;2,4H,1H3,(H,7,8);1-3H;2*1H4;;;;;;/q6*-1;;;;;;;;. The van der Waals surface area contributed by atoms with Gasteiger partial charge in [0.05, 0.1) is 24.6 Å². The van der Waals surface area contributed by atoms with E-state index in [-0.39, 0.29) is 150 Å². The van der Waals surface area contributed by atoms with Crippen LogP contribution in [0.2, 0.25) is 0 Å². The first kappa shape index (κ1) is 74.2. The predicted octanol–water partition coefficient (Wildman–Crippen LogP) is 4.13. The van der Waals surface area contributed by atoms with E-state index >= 15 is 0 Å². The first-order valence-electron chi connectivity index (χ1n) is 14.1. The molecule has 0 amide bonds. The summed E-state index contributed by atoms with van der Waals surface area (Å²) in [6.45, 7) is 0. The van der Waals surface area contributed by atoms with E-state index in [4.69, 9.17) is 0 Å². The molecule has 0 atom stereocenters. The predicted molar refractivity (Wildman–Crippen MR) is 227 cm³/mol. The summed E-state index contributed by atoms with van der Waals surface area (Å²) in [4.78, 5) is 10.8. The zero-order valence-electron chi connectivity index (χ0n) is 31.1. The average molecular weight is 1080 g/mol. The number of para-hydroxylation sites is 1. The molecule has 23 heteroatoms. The Balaban J connectivity index is -0.0000000873. The Morgan fingerprint density at radius 3 is 1.20 bits per heavy atom. The summed E-state index contributed by atoms with van der Waals surface area (Å²) in [6.07, 6.45) is 11.8. The van der Waals surface area contributed by atoms with Gasteiger partial charge < -0.3 is 14.7 Å². The monoisotopic (exact) mass is 1080 g/mol. The molecule has 0 bridgehead atoms. The fourth-order valence-electron chi connectivity index (χ4n) is 2.62. The second kappa shape index (κ2) is 45.3. The molecule has 3 N–H and O–H groups in total. The Morgan fingerprint density at radius 2 is 0.915 bits per heavy atom. The molecule has 3 heterocycles. The number of pyridine rings is 1. The van der Waals surface area contributed by atoms with Crippen molar-refractivity contribution >= 4 is 72.6 Å². The number of anilines is 3. The fraction of sp³-hybridized carbons (Fsp3) is 0.139. The summed E-state index contributed by atoms with van der Waals surface area (Å²) in [6, 6.07) is 46.2. The Bertz CT molecular complexity index is 1740. The third-order valence-electron chi connectivity index (χ3n) is 4.34. The Hall–Kier alpha value is -2.27. The van der Waals surface area contributed by atoms with Gasteiger partial charge in [-0.05, 0) is 0 Å². The summed E-state index contributed by atoms with van der Waals surface area (Å²) in [5, 5.41) is 6.93. The van der Waals surface area contributed by atoms with Crippen molar-refractivity contribution in [1.82, 2.24) is 25.1 Å². The summed E-state index contributed by atoms with van der Waals surface area (Å²) in [5.74, 6) is 0.324. The van der Waals surface area contributed by atoms with Crippen LogP contribution in [0, 0.1) is 36.7 Å². The average Bonchev–Trinajstić information content (AvgIpc) is 3.11. The van der Waals surface area contributed by atoms with Crippen molar-refractivity contribution in [3.63, 3.8) is 0 Å². The van der Waals surface area contributed by atoms with Crippen LogP contribution < -0.4 is 14.2 Å². The number of hydrogen-bond donors (Lipinski definition) is 3. The molecule has 0 unspecified atom stereocenters. The third-order valence-corrected chi connectivity index (χ3v) is 6.06. The maximum absolute atomic E-state index is 10.7. The molecule has 3 aromatic heterocycles. The van der Waals surface area contributed by atoms with Crippen molar-refractivity contribution in [3.8, 4) is 0 Å². The Morgan fingerprint density at radius 1 is 0.475 bits per heavy atom.